The molecule has 3 aromatic carbocycles. The van der Waals surface area contributed by atoms with Crippen molar-refractivity contribution in [2.24, 2.45) is 5.92 Å². The van der Waals surface area contributed by atoms with E-state index in [1.807, 2.05) is 6.07 Å². The number of fused-ring (bicyclic) bond motifs is 1. The van der Waals surface area contributed by atoms with Gasteiger partial charge in [-0.3, -0.25) is 0 Å². The van der Waals surface area contributed by atoms with E-state index in [1.165, 1.54) is 39.1 Å². The Labute approximate surface area is 215 Å². The largest absolute Gasteiger partial charge is 0.489 e. The SMILES string of the molecule is COC(OC)C1CCN(c2ccc(C3=C(C)CCc4cc(OCc5ccccc5)ccc43)cc2)CC1. The van der Waals surface area contributed by atoms with Gasteiger partial charge in [0.2, 0.25) is 0 Å². The molecule has 4 nitrogen and oxygen atoms in total. The molecule has 0 aromatic heterocycles. The summed E-state index contributed by atoms with van der Waals surface area (Å²) in [5, 5.41) is 0. The molecular weight excluding hydrogens is 446 g/mol. The molecular formula is C32H37NO3. The lowest BCUT2D eigenvalue weighted by Crippen LogP contribution is -2.39. The van der Waals surface area contributed by atoms with Crippen LogP contribution in [0.2, 0.25) is 0 Å². The van der Waals surface area contributed by atoms with Crippen molar-refractivity contribution in [2.45, 2.75) is 45.5 Å². The quantitative estimate of drug-likeness (QED) is 0.327. The van der Waals surface area contributed by atoms with E-state index in [-0.39, 0.29) is 6.29 Å². The van der Waals surface area contributed by atoms with E-state index >= 15 is 0 Å². The van der Waals surface area contributed by atoms with Gasteiger partial charge in [0.1, 0.15) is 12.4 Å². The van der Waals surface area contributed by atoms with Crippen LogP contribution in [0.1, 0.15) is 48.4 Å². The number of benzene rings is 3. The molecule has 5 rings (SSSR count). The summed E-state index contributed by atoms with van der Waals surface area (Å²) in [6, 6.07) is 26.1. The Morgan fingerprint density at radius 3 is 2.28 bits per heavy atom. The molecule has 2 aliphatic rings. The van der Waals surface area contributed by atoms with E-state index in [2.05, 4.69) is 78.6 Å². The standard InChI is InChI=1S/C32H37NO3/c1-23-9-10-27-21-29(36-22-24-7-5-4-6-8-24)15-16-30(27)31(23)25-11-13-28(14-12-25)33-19-17-26(18-20-33)32(34-2)35-3/h4-8,11-16,21,26,32H,9-10,17-20,22H2,1-3H3. The molecule has 0 saturated carbocycles. The highest BCUT2D eigenvalue weighted by molar-refractivity contribution is 5.85. The number of hydrogen-bond donors (Lipinski definition) is 0. The third-order valence-electron chi connectivity index (χ3n) is 7.70. The highest BCUT2D eigenvalue weighted by Crippen LogP contribution is 2.38. The molecule has 1 aliphatic heterocycles. The molecule has 3 aromatic rings. The molecule has 0 radical (unpaired) electrons. The topological polar surface area (TPSA) is 30.9 Å². The second-order valence-electron chi connectivity index (χ2n) is 9.96. The summed E-state index contributed by atoms with van der Waals surface area (Å²) in [7, 11) is 3.47. The van der Waals surface area contributed by atoms with Crippen LogP contribution in [-0.2, 0) is 22.5 Å². The molecule has 1 saturated heterocycles. The predicted octanol–water partition coefficient (Wildman–Crippen LogP) is 6.87. The van der Waals surface area contributed by atoms with Crippen molar-refractivity contribution < 1.29 is 14.2 Å². The van der Waals surface area contributed by atoms with Crippen LogP contribution in [0.25, 0.3) is 5.57 Å². The van der Waals surface area contributed by atoms with Gasteiger partial charge in [0.05, 0.1) is 0 Å². The van der Waals surface area contributed by atoms with Gasteiger partial charge in [-0.05, 0) is 84.7 Å². The fourth-order valence-corrected chi connectivity index (χ4v) is 5.68. The van der Waals surface area contributed by atoms with E-state index in [0.29, 0.717) is 12.5 Å². The molecule has 1 fully saturated rings. The van der Waals surface area contributed by atoms with Crippen molar-refractivity contribution in [3.63, 3.8) is 0 Å². The zero-order chi connectivity index (χ0) is 24.9. The van der Waals surface area contributed by atoms with Crippen LogP contribution in [0.5, 0.6) is 5.75 Å². The average Bonchev–Trinajstić information content (AvgIpc) is 2.94. The Kier molecular flexibility index (Phi) is 7.74. The van der Waals surface area contributed by atoms with Gasteiger partial charge in [-0.2, -0.15) is 0 Å². The van der Waals surface area contributed by atoms with Crippen LogP contribution in [0.4, 0.5) is 5.69 Å². The van der Waals surface area contributed by atoms with Crippen molar-refractivity contribution in [2.75, 3.05) is 32.2 Å². The number of allylic oxidation sites excluding steroid dienone is 1. The highest BCUT2D eigenvalue weighted by atomic mass is 16.7. The van der Waals surface area contributed by atoms with Gasteiger partial charge in [-0.15, -0.1) is 0 Å². The van der Waals surface area contributed by atoms with Gasteiger partial charge in [0.25, 0.3) is 0 Å². The number of methoxy groups -OCH3 is 2. The fourth-order valence-electron chi connectivity index (χ4n) is 5.68. The monoisotopic (exact) mass is 483 g/mol. The summed E-state index contributed by atoms with van der Waals surface area (Å²) >= 11 is 0. The number of nitrogens with zero attached hydrogens (tertiary/aromatic N) is 1. The molecule has 4 heteroatoms. The van der Waals surface area contributed by atoms with Crippen LogP contribution in [-0.4, -0.2) is 33.6 Å². The lowest BCUT2D eigenvalue weighted by Gasteiger charge is -2.36. The van der Waals surface area contributed by atoms with Crippen molar-refractivity contribution >= 4 is 11.3 Å². The molecule has 0 unspecified atom stereocenters. The molecule has 0 bridgehead atoms. The molecule has 1 aliphatic carbocycles. The van der Waals surface area contributed by atoms with Crippen LogP contribution >= 0.6 is 0 Å². The van der Waals surface area contributed by atoms with E-state index in [9.17, 15) is 0 Å². The van der Waals surface area contributed by atoms with Gasteiger partial charge >= 0.3 is 0 Å². The Morgan fingerprint density at radius 2 is 1.58 bits per heavy atom. The highest BCUT2D eigenvalue weighted by Gasteiger charge is 2.27. The van der Waals surface area contributed by atoms with Crippen LogP contribution < -0.4 is 9.64 Å². The minimum Gasteiger partial charge on any atom is -0.489 e. The smallest absolute Gasteiger partial charge is 0.159 e. The van der Waals surface area contributed by atoms with E-state index in [4.69, 9.17) is 14.2 Å². The maximum absolute atomic E-state index is 6.11. The number of piperidine rings is 1. The summed E-state index contributed by atoms with van der Waals surface area (Å²) in [5.74, 6) is 1.41. The normalized spacial score (nSPS) is 16.4. The zero-order valence-corrected chi connectivity index (χ0v) is 21.7. The third kappa shape index (κ3) is 5.35. The average molecular weight is 484 g/mol. The van der Waals surface area contributed by atoms with Gasteiger partial charge in [0, 0.05) is 38.9 Å². The Morgan fingerprint density at radius 1 is 0.861 bits per heavy atom. The summed E-state index contributed by atoms with van der Waals surface area (Å²) in [4.78, 5) is 2.48. The van der Waals surface area contributed by atoms with Gasteiger partial charge in [-0.25, -0.2) is 0 Å². The van der Waals surface area contributed by atoms with Crippen LogP contribution in [0.15, 0.2) is 78.4 Å². The van der Waals surface area contributed by atoms with Gasteiger partial charge in [-0.1, -0.05) is 54.1 Å². The first-order chi connectivity index (χ1) is 17.7. The Hall–Kier alpha value is -3.08. The number of rotatable bonds is 8. The molecule has 1 heterocycles. The Bertz CT molecular complexity index is 1170. The summed E-state index contributed by atoms with van der Waals surface area (Å²) < 4.78 is 17.1. The number of anilines is 1. The van der Waals surface area contributed by atoms with E-state index in [1.54, 1.807) is 14.2 Å². The first-order valence-corrected chi connectivity index (χ1v) is 13.1. The molecule has 188 valence electrons. The summed E-state index contributed by atoms with van der Waals surface area (Å²) in [5.41, 5.74) is 9.32. The molecule has 36 heavy (non-hydrogen) atoms. The van der Waals surface area contributed by atoms with Crippen molar-refractivity contribution in [3.05, 3.63) is 101 Å². The van der Waals surface area contributed by atoms with Crippen LogP contribution in [0.3, 0.4) is 0 Å². The molecule has 0 spiro atoms. The number of ether oxygens (including phenoxy) is 3. The molecule has 0 N–H and O–H groups in total. The first kappa shape index (κ1) is 24.6. The molecule has 0 amide bonds. The molecule has 0 atom stereocenters. The second kappa shape index (κ2) is 11.3. The van der Waals surface area contributed by atoms with Gasteiger partial charge < -0.3 is 19.1 Å². The number of aryl methyl sites for hydroxylation is 1. The first-order valence-electron chi connectivity index (χ1n) is 13.1. The lowest BCUT2D eigenvalue weighted by atomic mass is 9.82. The van der Waals surface area contributed by atoms with Crippen LogP contribution in [0, 0.1) is 5.92 Å². The van der Waals surface area contributed by atoms with E-state index < -0.39 is 0 Å². The van der Waals surface area contributed by atoms with Crippen molar-refractivity contribution in [3.8, 4) is 5.75 Å². The number of hydrogen-bond acceptors (Lipinski definition) is 4. The van der Waals surface area contributed by atoms with Crippen molar-refractivity contribution in [1.82, 2.24) is 0 Å². The minimum atomic E-state index is -0.0972. The fraction of sp³-hybridized carbons (Fsp3) is 0.375. The maximum Gasteiger partial charge on any atom is 0.159 e. The third-order valence-corrected chi connectivity index (χ3v) is 7.70. The predicted molar refractivity (Wildman–Crippen MR) is 146 cm³/mol. The zero-order valence-electron chi connectivity index (χ0n) is 21.7. The maximum atomic E-state index is 6.11. The lowest BCUT2D eigenvalue weighted by molar-refractivity contribution is -0.141. The van der Waals surface area contributed by atoms with Crippen molar-refractivity contribution in [1.29, 1.82) is 0 Å². The summed E-state index contributed by atoms with van der Waals surface area (Å²) in [6.45, 7) is 4.93. The summed E-state index contributed by atoms with van der Waals surface area (Å²) in [6.07, 6.45) is 4.21. The minimum absolute atomic E-state index is 0.0972. The van der Waals surface area contributed by atoms with E-state index in [0.717, 1.165) is 44.5 Å². The Balaban J connectivity index is 1.28. The van der Waals surface area contributed by atoms with Gasteiger partial charge in [0.15, 0.2) is 6.29 Å². The second-order valence-corrected chi connectivity index (χ2v) is 9.96.